The van der Waals surface area contributed by atoms with Gasteiger partial charge in [-0.1, -0.05) is 51.1 Å². The molecular formula is C12H17. The maximum absolute atomic E-state index is 2.28. The van der Waals surface area contributed by atoms with Crippen LogP contribution < -0.4 is 0 Å². The van der Waals surface area contributed by atoms with Crippen LogP contribution in [0.4, 0.5) is 0 Å². The first-order valence-electron chi connectivity index (χ1n) is 4.54. The van der Waals surface area contributed by atoms with E-state index < -0.39 is 0 Å². The molecule has 0 aliphatic rings. The van der Waals surface area contributed by atoms with Crippen LogP contribution in [0.15, 0.2) is 30.3 Å². The molecule has 0 aromatic heterocycles. The molecule has 0 unspecified atom stereocenters. The van der Waals surface area contributed by atoms with E-state index in [4.69, 9.17) is 0 Å². The highest BCUT2D eigenvalue weighted by Gasteiger charge is 2.06. The number of benzene rings is 1. The van der Waals surface area contributed by atoms with Gasteiger partial charge in [-0.3, -0.25) is 0 Å². The number of hydrogen-bond donors (Lipinski definition) is 0. The Hall–Kier alpha value is -0.780. The number of hydrogen-bond acceptors (Lipinski definition) is 0. The SMILES string of the molecule is C[C](C)C[C@H](C)c1ccccc1. The topological polar surface area (TPSA) is 0 Å². The Morgan fingerprint density at radius 2 is 1.75 bits per heavy atom. The molecule has 1 atom stereocenters. The summed E-state index contributed by atoms with van der Waals surface area (Å²) in [4.78, 5) is 0. The van der Waals surface area contributed by atoms with Crippen molar-refractivity contribution in [2.45, 2.75) is 33.1 Å². The summed E-state index contributed by atoms with van der Waals surface area (Å²) >= 11 is 0. The van der Waals surface area contributed by atoms with Gasteiger partial charge in [-0.05, 0) is 23.8 Å². The fourth-order valence-electron chi connectivity index (χ4n) is 1.51. The predicted octanol–water partition coefficient (Wildman–Crippen LogP) is 3.79. The zero-order valence-corrected chi connectivity index (χ0v) is 8.17. The quantitative estimate of drug-likeness (QED) is 0.632. The van der Waals surface area contributed by atoms with E-state index in [9.17, 15) is 0 Å². The third-order valence-electron chi connectivity index (χ3n) is 2.08. The standard InChI is InChI=1S/C12H17/c1-10(2)9-11(3)12-7-5-4-6-8-12/h4-8,11H,9H2,1-3H3/t11-/m0/s1. The largest absolute Gasteiger partial charge is 0.0622 e. The van der Waals surface area contributed by atoms with Gasteiger partial charge in [0.15, 0.2) is 0 Å². The Morgan fingerprint density at radius 3 is 2.25 bits per heavy atom. The van der Waals surface area contributed by atoms with E-state index in [0.29, 0.717) is 5.92 Å². The zero-order valence-electron chi connectivity index (χ0n) is 8.17. The van der Waals surface area contributed by atoms with Gasteiger partial charge in [0.2, 0.25) is 0 Å². The molecule has 1 rings (SSSR count). The van der Waals surface area contributed by atoms with Crippen molar-refractivity contribution < 1.29 is 0 Å². The molecule has 0 heteroatoms. The van der Waals surface area contributed by atoms with Gasteiger partial charge in [-0.2, -0.15) is 0 Å². The molecule has 0 amide bonds. The van der Waals surface area contributed by atoms with Crippen LogP contribution in [-0.4, -0.2) is 0 Å². The summed E-state index contributed by atoms with van der Waals surface area (Å²) in [6.45, 7) is 6.67. The molecule has 0 bridgehead atoms. The van der Waals surface area contributed by atoms with Crippen LogP contribution in [0.5, 0.6) is 0 Å². The molecule has 1 radical (unpaired) electrons. The molecule has 1 aromatic rings. The lowest BCUT2D eigenvalue weighted by Gasteiger charge is -2.13. The lowest BCUT2D eigenvalue weighted by Crippen LogP contribution is -1.96. The van der Waals surface area contributed by atoms with Gasteiger partial charge in [0, 0.05) is 0 Å². The lowest BCUT2D eigenvalue weighted by molar-refractivity contribution is 0.693. The van der Waals surface area contributed by atoms with Crippen LogP contribution in [0.25, 0.3) is 0 Å². The smallest absolute Gasteiger partial charge is 0.0185 e. The molecule has 65 valence electrons. The van der Waals surface area contributed by atoms with Crippen molar-refractivity contribution in [3.63, 3.8) is 0 Å². The van der Waals surface area contributed by atoms with Gasteiger partial charge in [0.1, 0.15) is 0 Å². The summed E-state index contributed by atoms with van der Waals surface area (Å²) in [5.74, 6) is 2.17. The van der Waals surface area contributed by atoms with Gasteiger partial charge in [-0.25, -0.2) is 0 Å². The van der Waals surface area contributed by atoms with E-state index in [1.54, 1.807) is 0 Å². The Labute approximate surface area is 75.6 Å². The van der Waals surface area contributed by atoms with Gasteiger partial charge < -0.3 is 0 Å². The molecule has 12 heavy (non-hydrogen) atoms. The normalized spacial score (nSPS) is 13.3. The van der Waals surface area contributed by atoms with Crippen molar-refractivity contribution >= 4 is 0 Å². The van der Waals surface area contributed by atoms with Gasteiger partial charge >= 0.3 is 0 Å². The third kappa shape index (κ3) is 2.69. The zero-order chi connectivity index (χ0) is 8.97. The highest BCUT2D eigenvalue weighted by atomic mass is 14.1. The van der Waals surface area contributed by atoms with Crippen LogP contribution in [0.1, 0.15) is 38.7 Å². The van der Waals surface area contributed by atoms with E-state index >= 15 is 0 Å². The molecule has 0 saturated carbocycles. The average molecular weight is 161 g/mol. The second kappa shape index (κ2) is 4.30. The average Bonchev–Trinajstić information content (AvgIpc) is 2.05. The fraction of sp³-hybridized carbons (Fsp3) is 0.417. The molecule has 1 aromatic carbocycles. The second-order valence-electron chi connectivity index (χ2n) is 3.72. The van der Waals surface area contributed by atoms with Crippen molar-refractivity contribution in [1.82, 2.24) is 0 Å². The molecular weight excluding hydrogens is 144 g/mol. The Balaban J connectivity index is 2.59. The van der Waals surface area contributed by atoms with Crippen LogP contribution in [0.2, 0.25) is 0 Å². The van der Waals surface area contributed by atoms with Crippen LogP contribution >= 0.6 is 0 Å². The molecule has 0 aliphatic heterocycles. The van der Waals surface area contributed by atoms with Crippen LogP contribution in [0.3, 0.4) is 0 Å². The van der Waals surface area contributed by atoms with Crippen molar-refractivity contribution in [3.05, 3.63) is 41.8 Å². The second-order valence-corrected chi connectivity index (χ2v) is 3.72. The van der Waals surface area contributed by atoms with Gasteiger partial charge in [-0.15, -0.1) is 0 Å². The van der Waals surface area contributed by atoms with Crippen molar-refractivity contribution in [3.8, 4) is 0 Å². The first kappa shape index (κ1) is 9.31. The summed E-state index contributed by atoms with van der Waals surface area (Å²) in [7, 11) is 0. The highest BCUT2D eigenvalue weighted by Crippen LogP contribution is 2.23. The van der Waals surface area contributed by atoms with Gasteiger partial charge in [0.25, 0.3) is 0 Å². The van der Waals surface area contributed by atoms with Crippen molar-refractivity contribution in [2.24, 2.45) is 0 Å². The summed E-state index contributed by atoms with van der Waals surface area (Å²) in [5, 5.41) is 0. The predicted molar refractivity (Wildman–Crippen MR) is 54.1 cm³/mol. The summed E-state index contributed by atoms with van der Waals surface area (Å²) in [6, 6.07) is 10.7. The van der Waals surface area contributed by atoms with Crippen molar-refractivity contribution in [2.75, 3.05) is 0 Å². The lowest BCUT2D eigenvalue weighted by atomic mass is 9.92. The molecule has 0 N–H and O–H groups in total. The van der Waals surface area contributed by atoms with E-state index in [1.807, 2.05) is 0 Å². The fourth-order valence-corrected chi connectivity index (χ4v) is 1.51. The molecule has 0 fully saturated rings. The monoisotopic (exact) mass is 161 g/mol. The molecule has 0 aliphatic carbocycles. The first-order chi connectivity index (χ1) is 5.70. The Bertz CT molecular complexity index is 211. The van der Waals surface area contributed by atoms with E-state index in [0.717, 1.165) is 0 Å². The molecule has 0 heterocycles. The Kier molecular flexibility index (Phi) is 3.33. The minimum Gasteiger partial charge on any atom is -0.0622 e. The third-order valence-corrected chi connectivity index (χ3v) is 2.08. The summed E-state index contributed by atoms with van der Waals surface area (Å²) in [6.07, 6.45) is 1.20. The van der Waals surface area contributed by atoms with E-state index in [1.165, 1.54) is 17.9 Å². The first-order valence-corrected chi connectivity index (χ1v) is 4.54. The van der Waals surface area contributed by atoms with Crippen LogP contribution in [0, 0.1) is 5.92 Å². The minimum atomic E-state index is 0.663. The van der Waals surface area contributed by atoms with Gasteiger partial charge in [0.05, 0.1) is 0 Å². The summed E-state index contributed by atoms with van der Waals surface area (Å²) < 4.78 is 0. The maximum atomic E-state index is 2.28. The van der Waals surface area contributed by atoms with E-state index in [2.05, 4.69) is 51.1 Å². The highest BCUT2D eigenvalue weighted by molar-refractivity contribution is 5.19. The Morgan fingerprint density at radius 1 is 1.17 bits per heavy atom. The molecule has 0 spiro atoms. The maximum Gasteiger partial charge on any atom is -0.0185 e. The van der Waals surface area contributed by atoms with Crippen LogP contribution in [-0.2, 0) is 0 Å². The minimum absolute atomic E-state index is 0.663. The molecule has 0 saturated heterocycles. The summed E-state index contributed by atoms with van der Waals surface area (Å²) in [5.41, 5.74) is 1.44. The van der Waals surface area contributed by atoms with Crippen molar-refractivity contribution in [1.29, 1.82) is 0 Å². The van der Waals surface area contributed by atoms with E-state index in [-0.39, 0.29) is 0 Å². The number of rotatable bonds is 3. The molecule has 0 nitrogen and oxygen atoms in total.